The Morgan fingerprint density at radius 3 is 2.40 bits per heavy atom. The number of rotatable bonds is 7. The number of aryl methyl sites for hydroxylation is 1. The fraction of sp³-hybridized carbons (Fsp3) is 0.273. The van der Waals surface area contributed by atoms with Crippen LogP contribution in [0.25, 0.3) is 10.8 Å². The zero-order valence-electron chi connectivity index (χ0n) is 16.7. The number of fused-ring (bicyclic) bond motifs is 1. The van der Waals surface area contributed by atoms with Crippen LogP contribution in [0.1, 0.15) is 42.2 Å². The van der Waals surface area contributed by atoms with Gasteiger partial charge in [-0.2, -0.15) is 5.10 Å². The monoisotopic (exact) mass is 410 g/mol. The van der Waals surface area contributed by atoms with Crippen LogP contribution < -0.4 is 16.4 Å². The zero-order valence-corrected chi connectivity index (χ0v) is 16.7. The van der Waals surface area contributed by atoms with Crippen LogP contribution in [0.4, 0.5) is 4.39 Å². The quantitative estimate of drug-likeness (QED) is 0.463. The molecule has 0 radical (unpaired) electrons. The lowest BCUT2D eigenvalue weighted by atomic mass is 10.1. The van der Waals surface area contributed by atoms with Gasteiger partial charge in [0, 0.05) is 11.9 Å². The summed E-state index contributed by atoms with van der Waals surface area (Å²) in [7, 11) is 0. The molecular weight excluding hydrogens is 387 g/mol. The number of nitrogens with one attached hydrogen (secondary N) is 2. The first kappa shape index (κ1) is 21.2. The summed E-state index contributed by atoms with van der Waals surface area (Å²) >= 11 is 0. The largest absolute Gasteiger partial charge is 0.290 e. The summed E-state index contributed by atoms with van der Waals surface area (Å²) in [6, 6.07) is 12.3. The molecule has 0 saturated heterocycles. The predicted octanol–water partition coefficient (Wildman–Crippen LogP) is 2.73. The number of halogens is 1. The van der Waals surface area contributed by atoms with Crippen molar-refractivity contribution in [3.63, 3.8) is 0 Å². The van der Waals surface area contributed by atoms with Crippen molar-refractivity contribution >= 4 is 22.6 Å². The van der Waals surface area contributed by atoms with E-state index in [0.29, 0.717) is 22.9 Å². The molecule has 2 amide bonds. The van der Waals surface area contributed by atoms with Gasteiger partial charge in [0.2, 0.25) is 5.91 Å². The van der Waals surface area contributed by atoms with Crippen LogP contribution in [0, 0.1) is 5.82 Å². The Morgan fingerprint density at radius 2 is 1.70 bits per heavy atom. The summed E-state index contributed by atoms with van der Waals surface area (Å²) < 4.78 is 14.3. The first-order chi connectivity index (χ1) is 14.5. The molecule has 0 fully saturated rings. The van der Waals surface area contributed by atoms with Crippen molar-refractivity contribution in [2.75, 3.05) is 0 Å². The normalized spacial score (nSPS) is 10.7. The van der Waals surface area contributed by atoms with E-state index in [1.807, 2.05) is 0 Å². The molecule has 156 valence electrons. The van der Waals surface area contributed by atoms with Crippen LogP contribution in [0.5, 0.6) is 0 Å². The van der Waals surface area contributed by atoms with Crippen molar-refractivity contribution in [1.29, 1.82) is 0 Å². The van der Waals surface area contributed by atoms with Crippen LogP contribution in [0.3, 0.4) is 0 Å². The third kappa shape index (κ3) is 5.08. The molecule has 2 N–H and O–H groups in total. The Kier molecular flexibility index (Phi) is 6.90. The summed E-state index contributed by atoms with van der Waals surface area (Å²) in [5, 5.41) is 5.05. The van der Waals surface area contributed by atoms with E-state index in [1.165, 1.54) is 28.9 Å². The Balaban J connectivity index is 1.76. The van der Waals surface area contributed by atoms with Crippen molar-refractivity contribution in [3.05, 3.63) is 76.0 Å². The molecule has 0 aliphatic heterocycles. The number of hydrogen-bond donors (Lipinski definition) is 2. The lowest BCUT2D eigenvalue weighted by molar-refractivity contribution is -0.121. The average molecular weight is 410 g/mol. The van der Waals surface area contributed by atoms with Crippen LogP contribution in [0.15, 0.2) is 53.3 Å². The minimum atomic E-state index is -0.622. The van der Waals surface area contributed by atoms with Crippen LogP contribution in [-0.4, -0.2) is 21.6 Å². The molecule has 0 aliphatic carbocycles. The Bertz CT molecular complexity index is 1110. The number of amides is 2. The molecule has 30 heavy (non-hydrogen) atoms. The highest BCUT2D eigenvalue weighted by Crippen LogP contribution is 2.13. The highest BCUT2D eigenvalue weighted by molar-refractivity contribution is 6.05. The number of nitrogens with zero attached hydrogens (tertiary/aromatic N) is 2. The first-order valence-electron chi connectivity index (χ1n) is 9.83. The second-order valence-electron chi connectivity index (χ2n) is 6.94. The fourth-order valence-electron chi connectivity index (χ4n) is 3.08. The van der Waals surface area contributed by atoms with E-state index >= 15 is 0 Å². The van der Waals surface area contributed by atoms with E-state index < -0.39 is 11.8 Å². The summed E-state index contributed by atoms with van der Waals surface area (Å²) in [5.74, 6) is -1.47. The van der Waals surface area contributed by atoms with Gasteiger partial charge in [-0.3, -0.25) is 25.2 Å². The summed E-state index contributed by atoms with van der Waals surface area (Å²) in [6.45, 7) is 2.47. The summed E-state index contributed by atoms with van der Waals surface area (Å²) in [5.41, 5.74) is 5.10. The Labute approximate surface area is 172 Å². The van der Waals surface area contributed by atoms with Gasteiger partial charge in [-0.1, -0.05) is 50.1 Å². The van der Waals surface area contributed by atoms with Gasteiger partial charge in [-0.05, 0) is 30.2 Å². The molecule has 3 rings (SSSR count). The zero-order chi connectivity index (χ0) is 21.5. The van der Waals surface area contributed by atoms with E-state index in [9.17, 15) is 18.8 Å². The molecule has 0 aliphatic rings. The number of benzene rings is 2. The predicted molar refractivity (Wildman–Crippen MR) is 111 cm³/mol. The number of aromatic nitrogens is 2. The maximum absolute atomic E-state index is 13.0. The number of hydrazine groups is 1. The lowest BCUT2D eigenvalue weighted by Crippen LogP contribution is -2.43. The highest BCUT2D eigenvalue weighted by Gasteiger charge is 2.17. The summed E-state index contributed by atoms with van der Waals surface area (Å²) in [6.07, 6.45) is 2.69. The van der Waals surface area contributed by atoms with E-state index in [4.69, 9.17) is 0 Å². The van der Waals surface area contributed by atoms with Crippen molar-refractivity contribution in [2.24, 2.45) is 0 Å². The third-order valence-electron chi connectivity index (χ3n) is 4.65. The molecule has 0 atom stereocenters. The minimum Gasteiger partial charge on any atom is -0.273 e. The van der Waals surface area contributed by atoms with Gasteiger partial charge in [0.15, 0.2) is 5.69 Å². The standard InChI is InChI=1S/C22H23FN4O3/c1-2-3-6-13-27-22(30)18-8-5-4-7-17(18)20(26-27)21(29)25-24-19(28)14-15-9-11-16(23)12-10-15/h4-5,7-12H,2-3,6,13-14H2,1H3,(H,24,28)(H,25,29). The van der Waals surface area contributed by atoms with E-state index in [2.05, 4.69) is 22.9 Å². The van der Waals surface area contributed by atoms with E-state index in [-0.39, 0.29) is 23.5 Å². The van der Waals surface area contributed by atoms with Crippen molar-refractivity contribution < 1.29 is 14.0 Å². The van der Waals surface area contributed by atoms with Gasteiger partial charge in [-0.15, -0.1) is 0 Å². The van der Waals surface area contributed by atoms with Crippen LogP contribution in [0.2, 0.25) is 0 Å². The highest BCUT2D eigenvalue weighted by atomic mass is 19.1. The number of carbonyl (C=O) groups is 2. The van der Waals surface area contributed by atoms with Crippen molar-refractivity contribution in [1.82, 2.24) is 20.6 Å². The Morgan fingerprint density at radius 1 is 1.00 bits per heavy atom. The van der Waals surface area contributed by atoms with Crippen LogP contribution in [-0.2, 0) is 17.8 Å². The SMILES string of the molecule is CCCCCn1nc(C(=O)NNC(=O)Cc2ccc(F)cc2)c2ccccc2c1=O. The molecule has 1 aromatic heterocycles. The van der Waals surface area contributed by atoms with Crippen molar-refractivity contribution in [3.8, 4) is 0 Å². The topological polar surface area (TPSA) is 93.1 Å². The van der Waals surface area contributed by atoms with E-state index in [1.54, 1.807) is 24.3 Å². The molecule has 7 nitrogen and oxygen atoms in total. The maximum atomic E-state index is 13.0. The Hall–Kier alpha value is -3.55. The average Bonchev–Trinajstić information content (AvgIpc) is 2.75. The number of carbonyl (C=O) groups excluding carboxylic acids is 2. The second-order valence-corrected chi connectivity index (χ2v) is 6.94. The van der Waals surface area contributed by atoms with E-state index in [0.717, 1.165) is 19.3 Å². The van der Waals surface area contributed by atoms with Gasteiger partial charge >= 0.3 is 0 Å². The molecule has 0 spiro atoms. The molecule has 0 bridgehead atoms. The molecule has 0 unspecified atom stereocenters. The molecule has 2 aromatic carbocycles. The first-order valence-corrected chi connectivity index (χ1v) is 9.83. The van der Waals surface area contributed by atoms with Gasteiger partial charge in [0.05, 0.1) is 11.8 Å². The number of unbranched alkanes of at least 4 members (excludes halogenated alkanes) is 2. The lowest BCUT2D eigenvalue weighted by Gasteiger charge is -2.12. The van der Waals surface area contributed by atoms with Crippen molar-refractivity contribution in [2.45, 2.75) is 39.2 Å². The smallest absolute Gasteiger partial charge is 0.273 e. The van der Waals surface area contributed by atoms with Gasteiger partial charge in [-0.25, -0.2) is 9.07 Å². The maximum Gasteiger partial charge on any atom is 0.290 e. The molecule has 8 heteroatoms. The van der Waals surface area contributed by atoms with Crippen LogP contribution >= 0.6 is 0 Å². The minimum absolute atomic E-state index is 0.0226. The molecular formula is C22H23FN4O3. The third-order valence-corrected chi connectivity index (χ3v) is 4.65. The van der Waals surface area contributed by atoms with Gasteiger partial charge in [0.25, 0.3) is 11.5 Å². The molecule has 3 aromatic rings. The second kappa shape index (κ2) is 9.78. The summed E-state index contributed by atoms with van der Waals surface area (Å²) in [4.78, 5) is 37.5. The molecule has 0 saturated carbocycles. The fourth-order valence-corrected chi connectivity index (χ4v) is 3.08. The van der Waals surface area contributed by atoms with Gasteiger partial charge < -0.3 is 0 Å². The van der Waals surface area contributed by atoms with Gasteiger partial charge in [0.1, 0.15) is 5.82 Å². The number of hydrogen-bond acceptors (Lipinski definition) is 4. The molecule has 1 heterocycles.